The number of fused-ring (bicyclic) bond motifs is 1. The smallest absolute Gasteiger partial charge is 0.256 e. The Morgan fingerprint density at radius 2 is 2.18 bits per heavy atom. The SMILES string of the molecule is CCNC(=O)c1cnn2cnc(N3CC(C)C[C@@H]3c3cc(F)ccc3F)nc12. The number of carbonyl (C=O) groups is 1. The molecule has 3 heterocycles. The first-order chi connectivity index (χ1) is 13.5. The molecule has 1 unspecified atom stereocenters. The molecule has 9 heteroatoms. The van der Waals surface area contributed by atoms with Crippen LogP contribution in [0.15, 0.2) is 30.7 Å². The summed E-state index contributed by atoms with van der Waals surface area (Å²) in [5, 5.41) is 6.84. The van der Waals surface area contributed by atoms with Crippen LogP contribution in [0, 0.1) is 17.6 Å². The third-order valence-corrected chi connectivity index (χ3v) is 4.92. The summed E-state index contributed by atoms with van der Waals surface area (Å²) in [6, 6.07) is 3.08. The number of rotatable bonds is 4. The lowest BCUT2D eigenvalue weighted by molar-refractivity contribution is 0.0957. The zero-order chi connectivity index (χ0) is 19.8. The van der Waals surface area contributed by atoms with Gasteiger partial charge in [-0.25, -0.2) is 18.3 Å². The fourth-order valence-electron chi connectivity index (χ4n) is 3.67. The lowest BCUT2D eigenvalue weighted by atomic mass is 10.0. The molecule has 0 bridgehead atoms. The van der Waals surface area contributed by atoms with Crippen LogP contribution in [-0.4, -0.2) is 38.6 Å². The summed E-state index contributed by atoms with van der Waals surface area (Å²) < 4.78 is 29.6. The first-order valence-electron chi connectivity index (χ1n) is 9.18. The van der Waals surface area contributed by atoms with Crippen LogP contribution in [0.2, 0.25) is 0 Å². The van der Waals surface area contributed by atoms with Gasteiger partial charge in [0.1, 0.15) is 23.5 Å². The summed E-state index contributed by atoms with van der Waals surface area (Å²) >= 11 is 0. The van der Waals surface area contributed by atoms with Gasteiger partial charge in [0, 0.05) is 18.7 Å². The van der Waals surface area contributed by atoms with Crippen molar-refractivity contribution in [2.45, 2.75) is 26.3 Å². The lowest BCUT2D eigenvalue weighted by Crippen LogP contribution is -2.27. The van der Waals surface area contributed by atoms with Crippen molar-refractivity contribution in [3.63, 3.8) is 0 Å². The number of hydrogen-bond donors (Lipinski definition) is 1. The third-order valence-electron chi connectivity index (χ3n) is 4.92. The zero-order valence-corrected chi connectivity index (χ0v) is 15.6. The molecule has 146 valence electrons. The van der Waals surface area contributed by atoms with Crippen molar-refractivity contribution in [2.75, 3.05) is 18.0 Å². The molecule has 1 aliphatic heterocycles. The van der Waals surface area contributed by atoms with E-state index in [1.807, 2.05) is 18.7 Å². The maximum absolute atomic E-state index is 14.4. The minimum Gasteiger partial charge on any atom is -0.352 e. The van der Waals surface area contributed by atoms with E-state index in [1.54, 1.807) is 0 Å². The molecule has 28 heavy (non-hydrogen) atoms. The Balaban J connectivity index is 1.76. The summed E-state index contributed by atoms with van der Waals surface area (Å²) in [5.74, 6) is -0.609. The molecule has 0 saturated carbocycles. The molecular formula is C19H20F2N6O. The van der Waals surface area contributed by atoms with Gasteiger partial charge in [-0.3, -0.25) is 4.79 Å². The van der Waals surface area contributed by atoms with Crippen LogP contribution in [-0.2, 0) is 0 Å². The molecular weight excluding hydrogens is 366 g/mol. The van der Waals surface area contributed by atoms with E-state index in [2.05, 4.69) is 20.4 Å². The molecule has 1 N–H and O–H groups in total. The fourth-order valence-corrected chi connectivity index (χ4v) is 3.67. The van der Waals surface area contributed by atoms with Gasteiger partial charge < -0.3 is 10.2 Å². The zero-order valence-electron chi connectivity index (χ0n) is 15.6. The molecule has 1 fully saturated rings. The van der Waals surface area contributed by atoms with Gasteiger partial charge in [0.15, 0.2) is 5.65 Å². The number of anilines is 1. The van der Waals surface area contributed by atoms with Crippen LogP contribution >= 0.6 is 0 Å². The highest BCUT2D eigenvalue weighted by molar-refractivity contribution is 5.99. The van der Waals surface area contributed by atoms with Gasteiger partial charge in [0.2, 0.25) is 5.95 Å². The minimum atomic E-state index is -0.485. The van der Waals surface area contributed by atoms with E-state index in [-0.39, 0.29) is 23.4 Å². The van der Waals surface area contributed by atoms with Gasteiger partial charge >= 0.3 is 0 Å². The second-order valence-corrected chi connectivity index (χ2v) is 7.02. The highest BCUT2D eigenvalue weighted by Gasteiger charge is 2.34. The predicted molar refractivity (Wildman–Crippen MR) is 99.0 cm³/mol. The normalized spacial score (nSPS) is 19.4. The summed E-state index contributed by atoms with van der Waals surface area (Å²) in [6.45, 7) is 4.95. The molecule has 1 amide bonds. The predicted octanol–water partition coefficient (Wildman–Crippen LogP) is 2.74. The fraction of sp³-hybridized carbons (Fsp3) is 0.368. The average Bonchev–Trinajstić information content (AvgIpc) is 3.26. The van der Waals surface area contributed by atoms with E-state index in [0.717, 1.165) is 12.1 Å². The maximum Gasteiger partial charge on any atom is 0.256 e. The van der Waals surface area contributed by atoms with Gasteiger partial charge in [0.25, 0.3) is 5.91 Å². The molecule has 1 aromatic carbocycles. The topological polar surface area (TPSA) is 75.4 Å². The Labute approximate surface area is 160 Å². The summed E-state index contributed by atoms with van der Waals surface area (Å²) in [5.41, 5.74) is 0.991. The second kappa shape index (κ2) is 7.14. The van der Waals surface area contributed by atoms with Crippen molar-refractivity contribution in [1.82, 2.24) is 24.9 Å². The van der Waals surface area contributed by atoms with Gasteiger partial charge in [-0.2, -0.15) is 10.1 Å². The lowest BCUT2D eigenvalue weighted by Gasteiger charge is -2.25. The molecule has 0 aliphatic carbocycles. The van der Waals surface area contributed by atoms with Gasteiger partial charge in [0.05, 0.1) is 12.2 Å². The Bertz CT molecular complexity index is 1040. The molecule has 1 aliphatic rings. The molecule has 1 saturated heterocycles. The summed E-state index contributed by atoms with van der Waals surface area (Å²) in [7, 11) is 0. The Morgan fingerprint density at radius 1 is 1.36 bits per heavy atom. The number of amides is 1. The van der Waals surface area contributed by atoms with E-state index in [9.17, 15) is 13.6 Å². The van der Waals surface area contributed by atoms with Crippen molar-refractivity contribution in [3.8, 4) is 0 Å². The van der Waals surface area contributed by atoms with Crippen LogP contribution in [0.5, 0.6) is 0 Å². The Morgan fingerprint density at radius 3 is 2.96 bits per heavy atom. The van der Waals surface area contributed by atoms with Crippen LogP contribution < -0.4 is 10.2 Å². The van der Waals surface area contributed by atoms with Gasteiger partial charge in [-0.15, -0.1) is 0 Å². The minimum absolute atomic E-state index is 0.250. The van der Waals surface area contributed by atoms with E-state index in [0.29, 0.717) is 36.7 Å². The molecule has 7 nitrogen and oxygen atoms in total. The van der Waals surface area contributed by atoms with Crippen molar-refractivity contribution in [1.29, 1.82) is 0 Å². The number of benzene rings is 1. The summed E-state index contributed by atoms with van der Waals surface area (Å²) in [6.07, 6.45) is 3.56. The molecule has 0 spiro atoms. The number of nitrogens with one attached hydrogen (secondary N) is 1. The number of aromatic nitrogens is 4. The Hall–Kier alpha value is -3.10. The average molecular weight is 386 g/mol. The van der Waals surface area contributed by atoms with Crippen LogP contribution in [0.1, 0.15) is 42.2 Å². The molecule has 0 radical (unpaired) electrons. The van der Waals surface area contributed by atoms with E-state index in [4.69, 9.17) is 0 Å². The quantitative estimate of drug-likeness (QED) is 0.746. The van der Waals surface area contributed by atoms with Gasteiger partial charge in [-0.05, 0) is 37.5 Å². The van der Waals surface area contributed by atoms with E-state index < -0.39 is 11.6 Å². The van der Waals surface area contributed by atoms with Crippen LogP contribution in [0.25, 0.3) is 5.65 Å². The van der Waals surface area contributed by atoms with Crippen molar-refractivity contribution < 1.29 is 13.6 Å². The number of nitrogens with zero attached hydrogens (tertiary/aromatic N) is 5. The number of carbonyl (C=O) groups excluding carboxylic acids is 1. The molecule has 2 atom stereocenters. The third kappa shape index (κ3) is 3.17. The molecule has 2 aromatic heterocycles. The number of halogens is 2. The molecule has 3 aromatic rings. The summed E-state index contributed by atoms with van der Waals surface area (Å²) in [4.78, 5) is 23.0. The van der Waals surface area contributed by atoms with Crippen LogP contribution in [0.3, 0.4) is 0 Å². The van der Waals surface area contributed by atoms with E-state index >= 15 is 0 Å². The highest BCUT2D eigenvalue weighted by Crippen LogP contribution is 2.38. The van der Waals surface area contributed by atoms with E-state index in [1.165, 1.54) is 23.1 Å². The van der Waals surface area contributed by atoms with Crippen LogP contribution in [0.4, 0.5) is 14.7 Å². The molecule has 4 rings (SSSR count). The largest absolute Gasteiger partial charge is 0.352 e. The van der Waals surface area contributed by atoms with Gasteiger partial charge in [-0.1, -0.05) is 6.92 Å². The highest BCUT2D eigenvalue weighted by atomic mass is 19.1. The monoisotopic (exact) mass is 386 g/mol. The maximum atomic E-state index is 14.4. The van der Waals surface area contributed by atoms with Crippen molar-refractivity contribution >= 4 is 17.5 Å². The standard InChI is InChI=1S/C19H20F2N6O/c1-3-22-18(28)14-8-24-27-10-23-19(25-17(14)27)26-9-11(2)6-16(26)13-7-12(20)4-5-15(13)21/h4-5,7-8,10-11,16H,3,6,9H2,1-2H3,(H,22,28)/t11?,16-/m1/s1. The first-order valence-corrected chi connectivity index (χ1v) is 9.18. The number of hydrogen-bond acceptors (Lipinski definition) is 5. The van der Waals surface area contributed by atoms with Crippen molar-refractivity contribution in [3.05, 3.63) is 53.5 Å². The second-order valence-electron chi connectivity index (χ2n) is 7.02. The Kier molecular flexibility index (Phi) is 4.66. The van der Waals surface area contributed by atoms with Crippen molar-refractivity contribution in [2.24, 2.45) is 5.92 Å². The first kappa shape index (κ1) is 18.3.